The van der Waals surface area contributed by atoms with Gasteiger partial charge in [-0.2, -0.15) is 0 Å². The van der Waals surface area contributed by atoms with E-state index >= 15 is 0 Å². The van der Waals surface area contributed by atoms with E-state index in [1.54, 1.807) is 0 Å². The topological polar surface area (TPSA) is 20.3 Å². The fourth-order valence-electron chi connectivity index (χ4n) is 1.96. The van der Waals surface area contributed by atoms with E-state index in [0.717, 1.165) is 25.1 Å². The molecule has 0 aliphatic carbocycles. The van der Waals surface area contributed by atoms with Gasteiger partial charge in [-0.25, -0.2) is 0 Å². The summed E-state index contributed by atoms with van der Waals surface area (Å²) in [5.41, 5.74) is 2.34. The Kier molecular flexibility index (Phi) is 3.27. The summed E-state index contributed by atoms with van der Waals surface area (Å²) in [7, 11) is 0. The van der Waals surface area contributed by atoms with Crippen LogP contribution in [0.2, 0.25) is 0 Å². The lowest BCUT2D eigenvalue weighted by Crippen LogP contribution is -2.35. The van der Waals surface area contributed by atoms with Gasteiger partial charge in [0, 0.05) is 24.5 Å². The first-order valence-corrected chi connectivity index (χ1v) is 5.80. The molecule has 1 aromatic rings. The van der Waals surface area contributed by atoms with Crippen molar-refractivity contribution in [2.24, 2.45) is 0 Å². The van der Waals surface area contributed by atoms with E-state index in [4.69, 9.17) is 11.6 Å². The highest BCUT2D eigenvalue weighted by molar-refractivity contribution is 6.17. The lowest BCUT2D eigenvalue weighted by Gasteiger charge is -2.29. The number of aryl methyl sites for hydroxylation is 1. The highest BCUT2D eigenvalue weighted by atomic mass is 35.5. The van der Waals surface area contributed by atoms with Gasteiger partial charge < -0.3 is 4.90 Å². The predicted molar refractivity (Wildman–Crippen MR) is 62.5 cm³/mol. The minimum absolute atomic E-state index is 0.221. The van der Waals surface area contributed by atoms with Crippen LogP contribution in [0, 0.1) is 0 Å². The van der Waals surface area contributed by atoms with Crippen molar-refractivity contribution in [3.63, 3.8) is 0 Å². The fourth-order valence-corrected chi connectivity index (χ4v) is 2.08. The van der Waals surface area contributed by atoms with Crippen LogP contribution in [0.5, 0.6) is 0 Å². The number of amides is 1. The lowest BCUT2D eigenvalue weighted by atomic mass is 10.0. The van der Waals surface area contributed by atoms with Crippen molar-refractivity contribution in [3.05, 3.63) is 29.8 Å². The van der Waals surface area contributed by atoms with Gasteiger partial charge in [-0.1, -0.05) is 18.2 Å². The second-order valence-electron chi connectivity index (χ2n) is 3.72. The molecule has 3 heteroatoms. The number of para-hydroxylation sites is 1. The number of carbonyl (C=O) groups is 1. The van der Waals surface area contributed by atoms with Gasteiger partial charge >= 0.3 is 0 Å². The molecule has 2 nitrogen and oxygen atoms in total. The molecule has 0 N–H and O–H groups in total. The second-order valence-corrected chi connectivity index (χ2v) is 4.09. The monoisotopic (exact) mass is 223 g/mol. The van der Waals surface area contributed by atoms with E-state index in [9.17, 15) is 4.79 Å². The fraction of sp³-hybridized carbons (Fsp3) is 0.417. The quantitative estimate of drug-likeness (QED) is 0.722. The third kappa shape index (κ3) is 2.15. The molecule has 0 unspecified atom stereocenters. The van der Waals surface area contributed by atoms with Crippen LogP contribution in [-0.4, -0.2) is 18.3 Å². The summed E-state index contributed by atoms with van der Waals surface area (Å²) in [4.78, 5) is 13.6. The minimum Gasteiger partial charge on any atom is -0.312 e. The summed E-state index contributed by atoms with van der Waals surface area (Å²) in [6.45, 7) is 0.735. The van der Waals surface area contributed by atoms with Crippen molar-refractivity contribution >= 4 is 23.2 Å². The molecular formula is C12H14ClNO. The normalized spacial score (nSPS) is 15.3. The van der Waals surface area contributed by atoms with Gasteiger partial charge in [0.2, 0.25) is 5.91 Å². The molecular weight excluding hydrogens is 210 g/mol. The summed E-state index contributed by atoms with van der Waals surface area (Å²) in [6, 6.07) is 8.11. The Morgan fingerprint density at radius 1 is 1.27 bits per heavy atom. The molecule has 0 fully saturated rings. The Morgan fingerprint density at radius 2 is 2.07 bits per heavy atom. The molecule has 0 saturated carbocycles. The van der Waals surface area contributed by atoms with E-state index in [1.165, 1.54) is 5.56 Å². The lowest BCUT2D eigenvalue weighted by molar-refractivity contribution is -0.118. The van der Waals surface area contributed by atoms with Crippen molar-refractivity contribution in [1.29, 1.82) is 0 Å². The molecule has 0 aromatic heterocycles. The van der Waals surface area contributed by atoms with Gasteiger partial charge in [0.25, 0.3) is 0 Å². The number of rotatable bonds is 3. The molecule has 0 spiro atoms. The third-order valence-corrected chi connectivity index (χ3v) is 2.97. The van der Waals surface area contributed by atoms with Crippen LogP contribution in [0.15, 0.2) is 24.3 Å². The summed E-state index contributed by atoms with van der Waals surface area (Å²) < 4.78 is 0. The molecule has 2 rings (SSSR count). The number of carbonyl (C=O) groups excluding carboxylic acids is 1. The Bertz CT molecular complexity index is 364. The zero-order chi connectivity index (χ0) is 10.7. The molecule has 1 aliphatic rings. The Morgan fingerprint density at radius 3 is 2.87 bits per heavy atom. The van der Waals surface area contributed by atoms with Crippen LogP contribution in [0.1, 0.15) is 18.4 Å². The molecule has 1 heterocycles. The van der Waals surface area contributed by atoms with Crippen LogP contribution in [0.3, 0.4) is 0 Å². The van der Waals surface area contributed by atoms with Crippen LogP contribution < -0.4 is 4.90 Å². The van der Waals surface area contributed by atoms with Crippen molar-refractivity contribution < 1.29 is 4.79 Å². The molecule has 1 amide bonds. The molecule has 1 aliphatic heterocycles. The molecule has 80 valence electrons. The number of nitrogens with zero attached hydrogens (tertiary/aromatic N) is 1. The minimum atomic E-state index is 0.221. The Balaban J connectivity index is 2.25. The van der Waals surface area contributed by atoms with Gasteiger partial charge in [-0.05, 0) is 24.5 Å². The molecule has 15 heavy (non-hydrogen) atoms. The number of anilines is 1. The first-order valence-electron chi connectivity index (χ1n) is 5.27. The summed E-state index contributed by atoms with van der Waals surface area (Å²) in [5.74, 6) is 0.824. The van der Waals surface area contributed by atoms with Gasteiger partial charge in [-0.15, -0.1) is 11.6 Å². The van der Waals surface area contributed by atoms with Crippen LogP contribution in [0.4, 0.5) is 5.69 Å². The number of halogens is 1. The summed E-state index contributed by atoms with van der Waals surface area (Å²) in [6.07, 6.45) is 2.34. The number of fused-ring (bicyclic) bond motifs is 1. The highest BCUT2D eigenvalue weighted by Gasteiger charge is 2.22. The molecule has 0 radical (unpaired) electrons. The van der Waals surface area contributed by atoms with E-state index in [0.29, 0.717) is 12.3 Å². The van der Waals surface area contributed by atoms with Crippen LogP contribution in [0.25, 0.3) is 0 Å². The van der Waals surface area contributed by atoms with Gasteiger partial charge in [0.1, 0.15) is 0 Å². The first kappa shape index (κ1) is 10.5. The van der Waals surface area contributed by atoms with Crippen LogP contribution >= 0.6 is 11.6 Å². The zero-order valence-electron chi connectivity index (χ0n) is 8.58. The number of benzene rings is 1. The maximum atomic E-state index is 11.7. The standard InChI is InChI=1S/C12H14ClNO/c13-8-3-9-14-11-5-2-1-4-10(11)6-7-12(14)15/h1-2,4-5H,3,6-9H2. The van der Waals surface area contributed by atoms with Crippen molar-refractivity contribution in [3.8, 4) is 0 Å². The van der Waals surface area contributed by atoms with E-state index in [1.807, 2.05) is 23.1 Å². The average Bonchev–Trinajstić information content (AvgIpc) is 2.28. The molecule has 1 aromatic carbocycles. The number of hydrogen-bond acceptors (Lipinski definition) is 1. The van der Waals surface area contributed by atoms with Gasteiger partial charge in [0.15, 0.2) is 0 Å². The van der Waals surface area contributed by atoms with Crippen LogP contribution in [-0.2, 0) is 11.2 Å². The average molecular weight is 224 g/mol. The van der Waals surface area contributed by atoms with E-state index < -0.39 is 0 Å². The SMILES string of the molecule is O=C1CCc2ccccc2N1CCCCl. The third-order valence-electron chi connectivity index (χ3n) is 2.71. The highest BCUT2D eigenvalue weighted by Crippen LogP contribution is 2.27. The molecule has 0 saturated heterocycles. The second kappa shape index (κ2) is 4.67. The van der Waals surface area contributed by atoms with Gasteiger partial charge in [-0.3, -0.25) is 4.79 Å². The predicted octanol–water partition coefficient (Wildman–Crippen LogP) is 2.59. The first-order chi connectivity index (χ1) is 7.33. The van der Waals surface area contributed by atoms with Crippen molar-refractivity contribution in [1.82, 2.24) is 0 Å². The van der Waals surface area contributed by atoms with Gasteiger partial charge in [0.05, 0.1) is 0 Å². The maximum Gasteiger partial charge on any atom is 0.227 e. The van der Waals surface area contributed by atoms with Crippen molar-refractivity contribution in [2.45, 2.75) is 19.3 Å². The number of alkyl halides is 1. The van der Waals surface area contributed by atoms with Crippen molar-refractivity contribution in [2.75, 3.05) is 17.3 Å². The smallest absolute Gasteiger partial charge is 0.227 e. The Hall–Kier alpha value is -1.02. The number of hydrogen-bond donors (Lipinski definition) is 0. The zero-order valence-corrected chi connectivity index (χ0v) is 9.33. The largest absolute Gasteiger partial charge is 0.312 e. The van der Waals surface area contributed by atoms with E-state index in [2.05, 4.69) is 6.07 Å². The molecule has 0 atom stereocenters. The summed E-state index contributed by atoms with van der Waals surface area (Å²) >= 11 is 5.66. The Labute approximate surface area is 94.8 Å². The van der Waals surface area contributed by atoms with E-state index in [-0.39, 0.29) is 5.91 Å². The molecule has 0 bridgehead atoms. The summed E-state index contributed by atoms with van der Waals surface area (Å²) in [5, 5.41) is 0. The maximum absolute atomic E-state index is 11.7.